The van der Waals surface area contributed by atoms with Gasteiger partial charge in [0.25, 0.3) is 0 Å². The van der Waals surface area contributed by atoms with Crippen molar-refractivity contribution in [2.24, 2.45) is 0 Å². The lowest BCUT2D eigenvalue weighted by Gasteiger charge is -2.39. The maximum absolute atomic E-state index is 12.6. The predicted octanol–water partition coefficient (Wildman–Crippen LogP) is -0.539. The summed E-state index contributed by atoms with van der Waals surface area (Å²) in [7, 11) is 0. The zero-order chi connectivity index (χ0) is 24.0. The lowest BCUT2D eigenvalue weighted by molar-refractivity contribution is -0.277. The van der Waals surface area contributed by atoms with E-state index in [2.05, 4.69) is 0 Å². The van der Waals surface area contributed by atoms with Gasteiger partial charge in [-0.15, -0.1) is 0 Å². The van der Waals surface area contributed by atoms with Gasteiger partial charge in [-0.05, 0) is 18.2 Å². The van der Waals surface area contributed by atoms with Crippen LogP contribution in [0.3, 0.4) is 0 Å². The van der Waals surface area contributed by atoms with Gasteiger partial charge >= 0.3 is 0 Å². The fourth-order valence-corrected chi connectivity index (χ4v) is 3.47. The Hall–Kier alpha value is -3.55. The Bertz CT molecular complexity index is 1250. The minimum Gasteiger partial charge on any atom is -0.504 e. The van der Waals surface area contributed by atoms with E-state index in [1.165, 1.54) is 12.1 Å². The fraction of sp³-hybridized carbons (Fsp3) is 0.286. The zero-order valence-electron chi connectivity index (χ0n) is 16.7. The molecule has 0 amide bonds. The number of aromatic hydroxyl groups is 4. The number of phenols is 4. The van der Waals surface area contributed by atoms with Crippen LogP contribution in [-0.4, -0.2) is 78.2 Å². The molecule has 12 heteroatoms. The van der Waals surface area contributed by atoms with Gasteiger partial charge in [-0.25, -0.2) is 0 Å². The highest BCUT2D eigenvalue weighted by atomic mass is 16.7. The second-order valence-corrected chi connectivity index (χ2v) is 7.44. The molecule has 4 rings (SSSR count). The first-order valence-electron chi connectivity index (χ1n) is 9.64. The number of hydrogen-bond acceptors (Lipinski definition) is 12. The largest absolute Gasteiger partial charge is 0.504 e. The average molecular weight is 464 g/mol. The first kappa shape index (κ1) is 22.6. The summed E-state index contributed by atoms with van der Waals surface area (Å²) in [6, 6.07) is 5.72. The van der Waals surface area contributed by atoms with Gasteiger partial charge in [0.2, 0.25) is 12.0 Å². The molecule has 0 radical (unpaired) electrons. The molecule has 2 heterocycles. The zero-order valence-corrected chi connectivity index (χ0v) is 16.7. The molecular formula is C21H20O12. The summed E-state index contributed by atoms with van der Waals surface area (Å²) < 4.78 is 16.2. The van der Waals surface area contributed by atoms with Gasteiger partial charge in [-0.1, -0.05) is 0 Å². The van der Waals surface area contributed by atoms with Crippen LogP contribution in [0.25, 0.3) is 22.3 Å². The number of rotatable bonds is 4. The minimum absolute atomic E-state index is 0.0494. The highest BCUT2D eigenvalue weighted by molar-refractivity contribution is 5.89. The Balaban J connectivity index is 1.77. The summed E-state index contributed by atoms with van der Waals surface area (Å²) in [4.78, 5) is 12.6. The van der Waals surface area contributed by atoms with Gasteiger partial charge in [-0.2, -0.15) is 0 Å². The number of phenolic OH excluding ortho intramolecular Hbond substituents is 4. The van der Waals surface area contributed by atoms with Crippen LogP contribution in [0.5, 0.6) is 28.7 Å². The average Bonchev–Trinajstić information content (AvgIpc) is 2.78. The number of benzene rings is 2. The van der Waals surface area contributed by atoms with Crippen molar-refractivity contribution in [1.29, 1.82) is 0 Å². The Labute approximate surface area is 184 Å². The molecule has 33 heavy (non-hydrogen) atoms. The Morgan fingerprint density at radius 2 is 1.61 bits per heavy atom. The minimum atomic E-state index is -1.79. The molecule has 1 saturated heterocycles. The maximum atomic E-state index is 12.6. The highest BCUT2D eigenvalue weighted by Gasteiger charge is 2.45. The second kappa shape index (κ2) is 8.42. The molecule has 1 fully saturated rings. The summed E-state index contributed by atoms with van der Waals surface area (Å²) in [6.45, 7) is -0.711. The van der Waals surface area contributed by atoms with Crippen LogP contribution in [0, 0.1) is 0 Å². The van der Waals surface area contributed by atoms with E-state index in [9.17, 15) is 45.6 Å². The number of ether oxygens (including phenoxy) is 2. The molecule has 2 aromatic carbocycles. The first-order valence-corrected chi connectivity index (χ1v) is 9.64. The molecular weight excluding hydrogens is 444 g/mol. The van der Waals surface area contributed by atoms with Crippen LogP contribution >= 0.6 is 0 Å². The smallest absolute Gasteiger partial charge is 0.229 e. The molecule has 0 bridgehead atoms. The molecule has 176 valence electrons. The van der Waals surface area contributed by atoms with E-state index in [0.29, 0.717) is 0 Å². The third-order valence-electron chi connectivity index (χ3n) is 5.28. The van der Waals surface area contributed by atoms with Gasteiger partial charge in [0.05, 0.1) is 6.61 Å². The lowest BCUT2D eigenvalue weighted by atomic mass is 9.99. The van der Waals surface area contributed by atoms with Gasteiger partial charge in [0.15, 0.2) is 28.4 Å². The van der Waals surface area contributed by atoms with Crippen LogP contribution in [0.1, 0.15) is 0 Å². The standard InChI is InChI=1S/C21H20O12/c22-6-14-17(27)19(29)20(30)21(33-14)32-13-5-12-15(18(28)16(13)26)10(25)4-11(31-12)7-1-2-8(23)9(24)3-7/h1-5,14,17,19-24,26-30H,6H2/t14-,17-,19+,20-,21+/m0/s1. The van der Waals surface area contributed by atoms with Gasteiger partial charge < -0.3 is 54.7 Å². The Morgan fingerprint density at radius 1 is 0.879 bits per heavy atom. The van der Waals surface area contributed by atoms with Gasteiger partial charge in [-0.3, -0.25) is 4.79 Å². The van der Waals surface area contributed by atoms with Crippen LogP contribution in [0.2, 0.25) is 0 Å². The van der Waals surface area contributed by atoms with Crippen LogP contribution < -0.4 is 10.2 Å². The maximum Gasteiger partial charge on any atom is 0.229 e. The van der Waals surface area contributed by atoms with Gasteiger partial charge in [0.1, 0.15) is 41.1 Å². The quantitative estimate of drug-likeness (QED) is 0.229. The summed E-state index contributed by atoms with van der Waals surface area (Å²) in [5, 5.41) is 78.6. The lowest BCUT2D eigenvalue weighted by Crippen LogP contribution is -2.60. The molecule has 0 spiro atoms. The van der Waals surface area contributed by atoms with Crippen molar-refractivity contribution in [3.8, 4) is 40.1 Å². The molecule has 0 aliphatic carbocycles. The first-order chi connectivity index (χ1) is 15.6. The van der Waals surface area contributed by atoms with Crippen molar-refractivity contribution >= 4 is 11.0 Å². The van der Waals surface area contributed by atoms with Crippen LogP contribution in [-0.2, 0) is 4.74 Å². The predicted molar refractivity (Wildman–Crippen MR) is 109 cm³/mol. The highest BCUT2D eigenvalue weighted by Crippen LogP contribution is 2.43. The SMILES string of the molecule is O=c1cc(-c2ccc(O)c(O)c2)oc2cc(O[C@@H]3O[C@@H](CO)[C@H](O)[C@@H](O)[C@@H]3O)c(O)c(O)c12. The number of fused-ring (bicyclic) bond motifs is 1. The number of aliphatic hydroxyl groups is 4. The summed E-state index contributed by atoms with van der Waals surface area (Å²) in [5.41, 5.74) is -0.778. The fourth-order valence-electron chi connectivity index (χ4n) is 3.47. The molecule has 12 nitrogen and oxygen atoms in total. The Morgan fingerprint density at radius 3 is 2.27 bits per heavy atom. The number of hydrogen-bond donors (Lipinski definition) is 8. The van der Waals surface area contributed by atoms with Gasteiger partial charge in [0, 0.05) is 17.7 Å². The van der Waals surface area contributed by atoms with Crippen molar-refractivity contribution in [2.45, 2.75) is 30.7 Å². The van der Waals surface area contributed by atoms with E-state index in [-0.39, 0.29) is 28.0 Å². The Kier molecular flexibility index (Phi) is 5.78. The van der Waals surface area contributed by atoms with E-state index in [1.807, 2.05) is 0 Å². The summed E-state index contributed by atoms with van der Waals surface area (Å²) in [5.74, 6) is -3.18. The normalized spacial score (nSPS) is 25.3. The van der Waals surface area contributed by atoms with E-state index < -0.39 is 65.7 Å². The third-order valence-corrected chi connectivity index (χ3v) is 5.28. The molecule has 1 aromatic heterocycles. The monoisotopic (exact) mass is 464 g/mol. The molecule has 0 saturated carbocycles. The van der Waals surface area contributed by atoms with Crippen molar-refractivity contribution in [3.05, 3.63) is 40.6 Å². The molecule has 1 aliphatic rings. The molecule has 1 aliphatic heterocycles. The summed E-state index contributed by atoms with van der Waals surface area (Å²) >= 11 is 0. The van der Waals surface area contributed by atoms with Crippen molar-refractivity contribution in [1.82, 2.24) is 0 Å². The van der Waals surface area contributed by atoms with E-state index in [0.717, 1.165) is 18.2 Å². The second-order valence-electron chi connectivity index (χ2n) is 7.44. The summed E-state index contributed by atoms with van der Waals surface area (Å²) in [6.07, 6.45) is -8.13. The third kappa shape index (κ3) is 3.90. The van der Waals surface area contributed by atoms with Crippen molar-refractivity contribution in [3.63, 3.8) is 0 Å². The van der Waals surface area contributed by atoms with E-state index in [1.54, 1.807) is 0 Å². The van der Waals surface area contributed by atoms with Crippen LogP contribution in [0.15, 0.2) is 39.5 Å². The molecule has 8 N–H and O–H groups in total. The van der Waals surface area contributed by atoms with E-state index >= 15 is 0 Å². The van der Waals surface area contributed by atoms with Crippen LogP contribution in [0.4, 0.5) is 0 Å². The molecule has 5 atom stereocenters. The molecule has 0 unspecified atom stereocenters. The molecule has 3 aromatic rings. The van der Waals surface area contributed by atoms with Crippen molar-refractivity contribution in [2.75, 3.05) is 6.61 Å². The van der Waals surface area contributed by atoms with E-state index in [4.69, 9.17) is 13.9 Å². The topological polar surface area (TPSA) is 211 Å². The van der Waals surface area contributed by atoms with Crippen molar-refractivity contribution < 1.29 is 54.7 Å². The number of aliphatic hydroxyl groups excluding tert-OH is 4.